The van der Waals surface area contributed by atoms with E-state index in [1.807, 2.05) is 0 Å². The molecule has 2 fully saturated rings. The number of rotatable bonds is 4. The fraction of sp³-hybridized carbons (Fsp3) is 0.889. The van der Waals surface area contributed by atoms with E-state index in [1.165, 1.54) is 25.7 Å². The van der Waals surface area contributed by atoms with E-state index in [0.717, 1.165) is 12.8 Å². The quantitative estimate of drug-likeness (QED) is 0.591. The Hall–Kier alpha value is -0.123. The second-order valence-corrected chi connectivity index (χ2v) is 13.4. The summed E-state index contributed by atoms with van der Waals surface area (Å²) in [4.78, 5) is 0. The van der Waals surface area contributed by atoms with Crippen molar-refractivity contribution < 1.29 is 9.53 Å². The normalized spacial score (nSPS) is 34.4. The van der Waals surface area contributed by atoms with E-state index in [1.54, 1.807) is 0 Å². The van der Waals surface area contributed by atoms with Gasteiger partial charge in [-0.25, -0.2) is 0 Å². The summed E-state index contributed by atoms with van der Waals surface area (Å²) in [6.07, 6.45) is 11.5. The van der Waals surface area contributed by atoms with Gasteiger partial charge in [0.15, 0.2) is 8.32 Å². The van der Waals surface area contributed by atoms with Crippen LogP contribution >= 0.6 is 0 Å². The predicted octanol–water partition coefficient (Wildman–Crippen LogP) is 4.90. The van der Waals surface area contributed by atoms with E-state index in [4.69, 9.17) is 4.43 Å². The van der Waals surface area contributed by atoms with Crippen molar-refractivity contribution in [2.75, 3.05) is 6.61 Å². The first-order valence-electron chi connectivity index (χ1n) is 8.70. The zero-order valence-electron chi connectivity index (χ0n) is 14.6. The van der Waals surface area contributed by atoms with Crippen molar-refractivity contribution in [3.05, 3.63) is 12.2 Å². The molecular weight excluding hydrogens is 276 g/mol. The molecule has 3 heteroatoms. The van der Waals surface area contributed by atoms with Gasteiger partial charge >= 0.3 is 0 Å². The lowest BCUT2D eigenvalue weighted by Gasteiger charge is -2.38. The van der Waals surface area contributed by atoms with Crippen molar-refractivity contribution in [1.82, 2.24) is 0 Å². The summed E-state index contributed by atoms with van der Waals surface area (Å²) in [5.41, 5.74) is -0.411. The van der Waals surface area contributed by atoms with Crippen LogP contribution in [0.25, 0.3) is 0 Å². The largest absolute Gasteiger partial charge is 0.413 e. The molecule has 2 aliphatic carbocycles. The molecule has 122 valence electrons. The Labute approximate surface area is 132 Å². The van der Waals surface area contributed by atoms with Crippen LogP contribution < -0.4 is 0 Å². The highest BCUT2D eigenvalue weighted by Crippen LogP contribution is 2.49. The Bertz CT molecular complexity index is 383. The molecule has 0 amide bonds. The van der Waals surface area contributed by atoms with E-state index in [9.17, 15) is 5.11 Å². The number of hydrogen-bond donors (Lipinski definition) is 1. The lowest BCUT2D eigenvalue weighted by Crippen LogP contribution is -2.41. The molecule has 0 radical (unpaired) electrons. The Morgan fingerprint density at radius 1 is 1.19 bits per heavy atom. The minimum atomic E-state index is -1.65. The molecule has 0 aliphatic heterocycles. The van der Waals surface area contributed by atoms with Gasteiger partial charge in [-0.2, -0.15) is 0 Å². The average molecular weight is 311 g/mol. The zero-order valence-corrected chi connectivity index (χ0v) is 15.6. The lowest BCUT2D eigenvalue weighted by molar-refractivity contribution is -0.0495. The van der Waals surface area contributed by atoms with Crippen molar-refractivity contribution in [2.45, 2.75) is 83.0 Å². The summed E-state index contributed by atoms with van der Waals surface area (Å²) in [6, 6.07) is 0. The second-order valence-electron chi connectivity index (χ2n) is 8.62. The van der Waals surface area contributed by atoms with E-state index in [0.29, 0.717) is 18.4 Å². The molecule has 0 aromatic rings. The van der Waals surface area contributed by atoms with Gasteiger partial charge in [-0.15, -0.1) is 0 Å². The van der Waals surface area contributed by atoms with Crippen molar-refractivity contribution in [3.8, 4) is 0 Å². The van der Waals surface area contributed by atoms with E-state index < -0.39 is 13.9 Å². The van der Waals surface area contributed by atoms with Crippen LogP contribution in [0.3, 0.4) is 0 Å². The summed E-state index contributed by atoms with van der Waals surface area (Å²) in [7, 11) is -1.65. The molecule has 2 saturated carbocycles. The lowest BCUT2D eigenvalue weighted by atomic mass is 9.74. The van der Waals surface area contributed by atoms with Crippen LogP contribution in [0.1, 0.15) is 59.3 Å². The molecule has 0 spiro atoms. The summed E-state index contributed by atoms with van der Waals surface area (Å²) in [5, 5.41) is 11.2. The molecule has 0 bridgehead atoms. The first-order chi connectivity index (χ1) is 9.67. The minimum Gasteiger partial charge on any atom is -0.413 e. The molecule has 2 rings (SSSR count). The first kappa shape index (κ1) is 17.2. The highest BCUT2D eigenvalue weighted by Gasteiger charge is 2.48. The van der Waals surface area contributed by atoms with Crippen LogP contribution in [0, 0.1) is 11.8 Å². The Morgan fingerprint density at radius 2 is 1.90 bits per heavy atom. The molecule has 21 heavy (non-hydrogen) atoms. The molecule has 2 nitrogen and oxygen atoms in total. The van der Waals surface area contributed by atoms with Gasteiger partial charge in [-0.1, -0.05) is 45.8 Å². The minimum absolute atomic E-state index is 0.265. The average Bonchev–Trinajstić information content (AvgIpc) is 2.70. The van der Waals surface area contributed by atoms with Gasteiger partial charge in [0.25, 0.3) is 0 Å². The highest BCUT2D eigenvalue weighted by atomic mass is 28.4. The van der Waals surface area contributed by atoms with Crippen LogP contribution in [-0.2, 0) is 4.43 Å². The van der Waals surface area contributed by atoms with Gasteiger partial charge < -0.3 is 9.53 Å². The summed E-state index contributed by atoms with van der Waals surface area (Å²) in [5.74, 6) is 0.896. The van der Waals surface area contributed by atoms with E-state index >= 15 is 0 Å². The maximum atomic E-state index is 11.0. The van der Waals surface area contributed by atoms with Crippen LogP contribution in [0.5, 0.6) is 0 Å². The third-order valence-electron chi connectivity index (χ3n) is 6.27. The SMILES string of the molecule is CC(C)(C)[Si](C)(C)OC/C=C/[C@H]1CC[C@H]2CCCC[C@]21O. The molecule has 0 saturated heterocycles. The number of fused-ring (bicyclic) bond motifs is 1. The van der Waals surface area contributed by atoms with E-state index in [2.05, 4.69) is 46.0 Å². The fourth-order valence-corrected chi connectivity index (χ4v) is 4.67. The summed E-state index contributed by atoms with van der Waals surface area (Å²) < 4.78 is 6.19. The molecule has 3 atom stereocenters. The van der Waals surface area contributed by atoms with Gasteiger partial charge in [0.05, 0.1) is 12.2 Å². The van der Waals surface area contributed by atoms with Crippen molar-refractivity contribution in [1.29, 1.82) is 0 Å². The van der Waals surface area contributed by atoms with Gasteiger partial charge in [-0.3, -0.25) is 0 Å². The van der Waals surface area contributed by atoms with Crippen LogP contribution in [0.4, 0.5) is 0 Å². The van der Waals surface area contributed by atoms with E-state index in [-0.39, 0.29) is 5.04 Å². The smallest absolute Gasteiger partial charge is 0.192 e. The Balaban J connectivity index is 1.88. The number of aliphatic hydroxyl groups is 1. The number of hydrogen-bond acceptors (Lipinski definition) is 2. The van der Waals surface area contributed by atoms with Crippen molar-refractivity contribution in [3.63, 3.8) is 0 Å². The zero-order chi connectivity index (χ0) is 15.7. The molecular formula is C18H34O2Si. The third-order valence-corrected chi connectivity index (χ3v) is 10.8. The van der Waals surface area contributed by atoms with Crippen LogP contribution in [0.15, 0.2) is 12.2 Å². The standard InChI is InChI=1S/C18H34O2Si/c1-17(2,3)21(4,5)20-14-8-10-16-12-11-15-9-6-7-13-18(15,16)19/h8,10,15-16,19H,6-7,9,11-14H2,1-5H3/b10-8+/t15-,16+,18+/m1/s1. The van der Waals surface area contributed by atoms with Gasteiger partial charge in [-0.05, 0) is 49.7 Å². The molecule has 0 heterocycles. The molecule has 2 aliphatic rings. The molecule has 0 aromatic heterocycles. The highest BCUT2D eigenvalue weighted by molar-refractivity contribution is 6.74. The second kappa shape index (κ2) is 6.17. The monoisotopic (exact) mass is 310 g/mol. The fourth-order valence-electron chi connectivity index (χ4n) is 3.72. The Kier molecular flexibility index (Phi) is 5.06. The summed E-state index contributed by atoms with van der Waals surface area (Å²) >= 11 is 0. The van der Waals surface area contributed by atoms with Crippen LogP contribution in [-0.4, -0.2) is 25.6 Å². The molecule has 0 unspecified atom stereocenters. The topological polar surface area (TPSA) is 29.5 Å². The van der Waals surface area contributed by atoms with Gasteiger partial charge in [0.2, 0.25) is 0 Å². The summed E-state index contributed by atoms with van der Waals surface area (Å²) in [6.45, 7) is 12.1. The first-order valence-corrected chi connectivity index (χ1v) is 11.6. The van der Waals surface area contributed by atoms with Gasteiger partial charge in [0.1, 0.15) is 0 Å². The molecule has 1 N–H and O–H groups in total. The van der Waals surface area contributed by atoms with Crippen LogP contribution in [0.2, 0.25) is 18.1 Å². The van der Waals surface area contributed by atoms with Crippen molar-refractivity contribution >= 4 is 8.32 Å². The maximum Gasteiger partial charge on any atom is 0.192 e. The third kappa shape index (κ3) is 3.62. The maximum absolute atomic E-state index is 11.0. The Morgan fingerprint density at radius 3 is 2.57 bits per heavy atom. The predicted molar refractivity (Wildman–Crippen MR) is 91.9 cm³/mol. The molecule has 0 aromatic carbocycles. The van der Waals surface area contributed by atoms with Crippen molar-refractivity contribution in [2.24, 2.45) is 11.8 Å². The van der Waals surface area contributed by atoms with Gasteiger partial charge in [0, 0.05) is 5.92 Å².